The average molecular weight is 373 g/mol. The van der Waals surface area contributed by atoms with Gasteiger partial charge in [-0.1, -0.05) is 6.07 Å². The van der Waals surface area contributed by atoms with Crippen LogP contribution in [0.3, 0.4) is 0 Å². The first-order valence-corrected chi connectivity index (χ1v) is 8.57. The van der Waals surface area contributed by atoms with Gasteiger partial charge in [-0.3, -0.25) is 14.9 Å². The molecule has 0 aromatic heterocycles. The van der Waals surface area contributed by atoms with Crippen molar-refractivity contribution in [2.75, 3.05) is 38.2 Å². The highest BCUT2D eigenvalue weighted by molar-refractivity contribution is 5.79. The third kappa shape index (κ3) is 4.33. The van der Waals surface area contributed by atoms with Gasteiger partial charge in [0.1, 0.15) is 0 Å². The molecule has 2 aromatic rings. The summed E-state index contributed by atoms with van der Waals surface area (Å²) in [6.07, 6.45) is 0.137. The van der Waals surface area contributed by atoms with Gasteiger partial charge in [0.05, 0.1) is 18.5 Å². The van der Waals surface area contributed by atoms with Crippen LogP contribution in [0.5, 0.6) is 5.75 Å². The van der Waals surface area contributed by atoms with E-state index in [-0.39, 0.29) is 23.8 Å². The lowest BCUT2D eigenvalue weighted by Gasteiger charge is -2.36. The molecule has 1 aliphatic heterocycles. The molecule has 8 heteroatoms. The molecule has 0 atom stereocenters. The fraction of sp³-hybridized carbons (Fsp3) is 0.316. The predicted octanol–water partition coefficient (Wildman–Crippen LogP) is 2.63. The molecular weight excluding hydrogens is 353 g/mol. The van der Waals surface area contributed by atoms with Gasteiger partial charge in [-0.05, 0) is 29.8 Å². The number of anilines is 1. The highest BCUT2D eigenvalue weighted by Gasteiger charge is 2.22. The fourth-order valence-corrected chi connectivity index (χ4v) is 3.11. The van der Waals surface area contributed by atoms with Gasteiger partial charge in [0.2, 0.25) is 5.91 Å². The molecule has 0 N–H and O–H groups in total. The number of non-ortho nitro benzene ring substituents is 1. The zero-order valence-corrected chi connectivity index (χ0v) is 14.9. The van der Waals surface area contributed by atoms with Gasteiger partial charge in [-0.2, -0.15) is 0 Å². The van der Waals surface area contributed by atoms with Gasteiger partial charge < -0.3 is 14.5 Å². The highest BCUT2D eigenvalue weighted by Crippen LogP contribution is 2.21. The molecule has 0 radical (unpaired) electrons. The Labute approximate surface area is 156 Å². The number of nitrogens with zero attached hydrogens (tertiary/aromatic N) is 3. The Hall–Kier alpha value is -3.16. The SMILES string of the molecule is COc1ccc(CC(=O)N2CCN(c3ccc([N+](=O)[O-])cc3)CC2)cc1F. The summed E-state index contributed by atoms with van der Waals surface area (Å²) >= 11 is 0. The van der Waals surface area contributed by atoms with Crippen molar-refractivity contribution in [2.24, 2.45) is 0 Å². The number of rotatable bonds is 5. The molecular formula is C19H20FN3O4. The maximum atomic E-state index is 13.8. The van der Waals surface area contributed by atoms with Gasteiger partial charge in [0.25, 0.3) is 5.69 Å². The van der Waals surface area contributed by atoms with Crippen LogP contribution in [0.15, 0.2) is 42.5 Å². The van der Waals surface area contributed by atoms with Crippen LogP contribution < -0.4 is 9.64 Å². The number of carbonyl (C=O) groups excluding carboxylic acids is 1. The Morgan fingerprint density at radius 3 is 2.37 bits per heavy atom. The third-order valence-electron chi connectivity index (χ3n) is 4.63. The van der Waals surface area contributed by atoms with Crippen molar-refractivity contribution < 1.29 is 18.8 Å². The van der Waals surface area contributed by atoms with Crippen molar-refractivity contribution in [3.63, 3.8) is 0 Å². The van der Waals surface area contributed by atoms with Crippen molar-refractivity contribution in [1.29, 1.82) is 0 Å². The molecule has 1 fully saturated rings. The largest absolute Gasteiger partial charge is 0.494 e. The van der Waals surface area contributed by atoms with E-state index >= 15 is 0 Å². The van der Waals surface area contributed by atoms with Crippen LogP contribution in [-0.4, -0.2) is 49.0 Å². The fourth-order valence-electron chi connectivity index (χ4n) is 3.11. The second kappa shape index (κ2) is 8.03. The summed E-state index contributed by atoms with van der Waals surface area (Å²) in [5.41, 5.74) is 1.56. The first kappa shape index (κ1) is 18.6. The first-order valence-electron chi connectivity index (χ1n) is 8.57. The minimum Gasteiger partial charge on any atom is -0.494 e. The zero-order valence-electron chi connectivity index (χ0n) is 14.9. The molecule has 3 rings (SSSR count). The van der Waals surface area contributed by atoms with Crippen molar-refractivity contribution in [3.8, 4) is 5.75 Å². The molecule has 0 spiro atoms. The van der Waals surface area contributed by atoms with Crippen LogP contribution in [-0.2, 0) is 11.2 Å². The van der Waals surface area contributed by atoms with Crippen LogP contribution in [0.25, 0.3) is 0 Å². The molecule has 0 saturated carbocycles. The summed E-state index contributed by atoms with van der Waals surface area (Å²) in [6, 6.07) is 10.9. The molecule has 2 aromatic carbocycles. The van der Waals surface area contributed by atoms with Crippen LogP contribution >= 0.6 is 0 Å². The molecule has 142 valence electrons. The van der Waals surface area contributed by atoms with Gasteiger partial charge in [-0.25, -0.2) is 4.39 Å². The third-order valence-corrected chi connectivity index (χ3v) is 4.63. The lowest BCUT2D eigenvalue weighted by Crippen LogP contribution is -2.49. The van der Waals surface area contributed by atoms with E-state index in [2.05, 4.69) is 4.90 Å². The number of methoxy groups -OCH3 is 1. The number of piperazine rings is 1. The van der Waals surface area contributed by atoms with Crippen molar-refractivity contribution in [3.05, 3.63) is 64.0 Å². The van der Waals surface area contributed by atoms with Crippen LogP contribution in [0.2, 0.25) is 0 Å². The second-order valence-electron chi connectivity index (χ2n) is 6.29. The topological polar surface area (TPSA) is 75.9 Å². The highest BCUT2D eigenvalue weighted by atomic mass is 19.1. The number of ether oxygens (including phenoxy) is 1. The summed E-state index contributed by atoms with van der Waals surface area (Å²) in [5, 5.41) is 10.7. The van der Waals surface area contributed by atoms with Crippen molar-refractivity contribution >= 4 is 17.3 Å². The number of nitro benzene ring substituents is 1. The number of benzene rings is 2. The van der Waals surface area contributed by atoms with E-state index in [9.17, 15) is 19.3 Å². The summed E-state index contributed by atoms with van der Waals surface area (Å²) in [5.74, 6) is -0.378. The molecule has 1 amide bonds. The molecule has 1 saturated heterocycles. The quantitative estimate of drug-likeness (QED) is 0.595. The molecule has 27 heavy (non-hydrogen) atoms. The molecule has 0 bridgehead atoms. The summed E-state index contributed by atoms with van der Waals surface area (Å²) in [7, 11) is 1.40. The van der Waals surface area contributed by atoms with Gasteiger partial charge in [0, 0.05) is 44.0 Å². The number of carbonyl (C=O) groups is 1. The maximum Gasteiger partial charge on any atom is 0.269 e. The lowest BCUT2D eigenvalue weighted by atomic mass is 10.1. The smallest absolute Gasteiger partial charge is 0.269 e. The molecule has 0 unspecified atom stereocenters. The minimum atomic E-state index is -0.481. The number of halogens is 1. The molecule has 7 nitrogen and oxygen atoms in total. The average Bonchev–Trinajstić information content (AvgIpc) is 2.68. The van der Waals surface area contributed by atoms with Crippen molar-refractivity contribution in [1.82, 2.24) is 4.90 Å². The van der Waals surface area contributed by atoms with Crippen molar-refractivity contribution in [2.45, 2.75) is 6.42 Å². The van der Waals surface area contributed by atoms with Crippen LogP contribution in [0, 0.1) is 15.9 Å². The lowest BCUT2D eigenvalue weighted by molar-refractivity contribution is -0.384. The molecule has 1 aliphatic rings. The van der Waals surface area contributed by atoms with E-state index in [4.69, 9.17) is 4.74 Å². The predicted molar refractivity (Wildman–Crippen MR) is 98.5 cm³/mol. The Kier molecular flexibility index (Phi) is 5.54. The summed E-state index contributed by atoms with van der Waals surface area (Å²) in [4.78, 5) is 26.6. The van der Waals surface area contributed by atoms with Gasteiger partial charge >= 0.3 is 0 Å². The number of hydrogen-bond acceptors (Lipinski definition) is 5. The Morgan fingerprint density at radius 2 is 1.81 bits per heavy atom. The summed E-state index contributed by atoms with van der Waals surface area (Å²) < 4.78 is 18.6. The Morgan fingerprint density at radius 1 is 1.15 bits per heavy atom. The van der Waals surface area contributed by atoms with E-state index in [1.54, 1.807) is 23.1 Å². The van der Waals surface area contributed by atoms with E-state index in [0.29, 0.717) is 31.7 Å². The summed E-state index contributed by atoms with van der Waals surface area (Å²) in [6.45, 7) is 2.38. The van der Waals surface area contributed by atoms with E-state index in [1.807, 2.05) is 0 Å². The van der Waals surface area contributed by atoms with Gasteiger partial charge in [-0.15, -0.1) is 0 Å². The van der Waals surface area contributed by atoms with Crippen LogP contribution in [0.4, 0.5) is 15.8 Å². The Balaban J connectivity index is 1.56. The monoisotopic (exact) mass is 373 g/mol. The molecule has 1 heterocycles. The number of amides is 1. The van der Waals surface area contributed by atoms with E-state index in [0.717, 1.165) is 5.69 Å². The van der Waals surface area contributed by atoms with E-state index < -0.39 is 10.7 Å². The Bertz CT molecular complexity index is 833. The number of nitro groups is 1. The van der Waals surface area contributed by atoms with E-state index in [1.165, 1.54) is 31.4 Å². The van der Waals surface area contributed by atoms with Gasteiger partial charge in [0.15, 0.2) is 11.6 Å². The standard InChI is InChI=1S/C19H20FN3O4/c1-27-18-7-2-14(12-17(18)20)13-19(24)22-10-8-21(9-11-22)15-3-5-16(6-4-15)23(25)26/h2-7,12H,8-11,13H2,1H3. The maximum absolute atomic E-state index is 13.8. The minimum absolute atomic E-state index is 0.0529. The normalized spacial score (nSPS) is 14.1. The zero-order chi connectivity index (χ0) is 19.4. The number of hydrogen-bond donors (Lipinski definition) is 0. The first-order chi connectivity index (χ1) is 13.0. The second-order valence-corrected chi connectivity index (χ2v) is 6.29. The molecule has 0 aliphatic carbocycles. The van der Waals surface area contributed by atoms with Crippen LogP contribution in [0.1, 0.15) is 5.56 Å².